The maximum absolute atomic E-state index is 4.87. The van der Waals surface area contributed by atoms with Gasteiger partial charge in [0.1, 0.15) is 5.69 Å². The Morgan fingerprint density at radius 2 is 1.59 bits per heavy atom. The summed E-state index contributed by atoms with van der Waals surface area (Å²) in [5.41, 5.74) is 4.91. The van der Waals surface area contributed by atoms with Gasteiger partial charge < -0.3 is 0 Å². The lowest BCUT2D eigenvalue weighted by molar-refractivity contribution is 1.05. The molecule has 0 unspecified atom stereocenters. The second kappa shape index (κ2) is 5.11. The summed E-state index contributed by atoms with van der Waals surface area (Å²) in [5, 5.41) is 9.68. The van der Waals surface area contributed by atoms with Gasteiger partial charge in [-0.05, 0) is 24.4 Å². The van der Waals surface area contributed by atoms with Crippen LogP contribution in [0.5, 0.6) is 0 Å². The van der Waals surface area contributed by atoms with Crippen LogP contribution < -0.4 is 0 Å². The average Bonchev–Trinajstić information content (AvgIpc) is 3.01. The third kappa shape index (κ3) is 2.17. The summed E-state index contributed by atoms with van der Waals surface area (Å²) < 4.78 is 0. The fourth-order valence-corrected chi connectivity index (χ4v) is 2.69. The lowest BCUT2D eigenvalue weighted by atomic mass is 10.0. The Kier molecular flexibility index (Phi) is 2.97. The van der Waals surface area contributed by atoms with E-state index in [0.29, 0.717) is 0 Å². The minimum atomic E-state index is 0.881. The number of benzene rings is 2. The van der Waals surface area contributed by atoms with E-state index in [0.717, 1.165) is 33.7 Å². The lowest BCUT2D eigenvalue weighted by Crippen LogP contribution is -1.91. The molecule has 0 bridgehead atoms. The summed E-state index contributed by atoms with van der Waals surface area (Å²) in [6, 6.07) is 22.7. The van der Waals surface area contributed by atoms with Gasteiger partial charge in [0.15, 0.2) is 0 Å². The van der Waals surface area contributed by atoms with Crippen molar-refractivity contribution in [1.29, 1.82) is 0 Å². The Bertz CT molecular complexity index is 939. The van der Waals surface area contributed by atoms with Crippen LogP contribution >= 0.6 is 0 Å². The van der Waals surface area contributed by atoms with E-state index in [-0.39, 0.29) is 0 Å². The van der Waals surface area contributed by atoms with Crippen LogP contribution in [-0.4, -0.2) is 15.2 Å². The van der Waals surface area contributed by atoms with E-state index in [2.05, 4.69) is 46.6 Å². The van der Waals surface area contributed by atoms with Gasteiger partial charge in [-0.15, -0.1) is 0 Å². The highest BCUT2D eigenvalue weighted by molar-refractivity contribution is 5.96. The normalized spacial score (nSPS) is 11.0. The van der Waals surface area contributed by atoms with E-state index >= 15 is 0 Å². The Morgan fingerprint density at radius 3 is 2.36 bits per heavy atom. The van der Waals surface area contributed by atoms with Gasteiger partial charge in [0.2, 0.25) is 0 Å². The first-order chi connectivity index (χ1) is 10.8. The zero-order valence-electron chi connectivity index (χ0n) is 12.2. The minimum Gasteiger partial charge on any atom is -0.282 e. The van der Waals surface area contributed by atoms with E-state index in [9.17, 15) is 0 Å². The van der Waals surface area contributed by atoms with Gasteiger partial charge in [-0.3, -0.25) is 5.10 Å². The van der Waals surface area contributed by atoms with Crippen molar-refractivity contribution in [3.05, 3.63) is 72.4 Å². The molecule has 0 aliphatic heterocycles. The minimum absolute atomic E-state index is 0.881. The summed E-state index contributed by atoms with van der Waals surface area (Å²) in [4.78, 5) is 4.87. The molecule has 1 N–H and O–H groups in total. The number of hydrogen-bond acceptors (Lipinski definition) is 2. The number of fused-ring (bicyclic) bond motifs is 1. The van der Waals surface area contributed by atoms with Crippen LogP contribution in [-0.2, 0) is 0 Å². The van der Waals surface area contributed by atoms with Gasteiger partial charge in [0, 0.05) is 16.6 Å². The molecule has 0 aliphatic carbocycles. The third-order valence-electron chi connectivity index (χ3n) is 3.76. The predicted molar refractivity (Wildman–Crippen MR) is 89.5 cm³/mol. The van der Waals surface area contributed by atoms with Gasteiger partial charge in [-0.1, -0.05) is 54.6 Å². The van der Waals surface area contributed by atoms with Crippen LogP contribution in [0.4, 0.5) is 0 Å². The van der Waals surface area contributed by atoms with Crippen molar-refractivity contribution in [2.45, 2.75) is 6.92 Å². The standard InChI is InChI=1S/C19H15N3/c1-13-11-18(22-21-13)19-16-10-6-5-9-15(16)12-17(20-19)14-7-3-2-4-8-14/h2-12H,1H3,(H,21,22). The van der Waals surface area contributed by atoms with Crippen LogP contribution in [0.1, 0.15) is 5.69 Å². The molecule has 0 fully saturated rings. The molecule has 3 heteroatoms. The number of aromatic nitrogens is 3. The molecule has 0 aliphatic rings. The Hall–Kier alpha value is -2.94. The number of nitrogens with one attached hydrogen (secondary N) is 1. The van der Waals surface area contributed by atoms with Crippen LogP contribution in [0.25, 0.3) is 33.4 Å². The zero-order valence-corrected chi connectivity index (χ0v) is 12.2. The molecule has 2 aromatic carbocycles. The fourth-order valence-electron chi connectivity index (χ4n) is 2.69. The molecular formula is C19H15N3. The van der Waals surface area contributed by atoms with Crippen LogP contribution in [0.15, 0.2) is 66.7 Å². The first-order valence-electron chi connectivity index (χ1n) is 7.29. The lowest BCUT2D eigenvalue weighted by Gasteiger charge is -2.08. The van der Waals surface area contributed by atoms with Gasteiger partial charge in [0.25, 0.3) is 0 Å². The number of nitrogens with zero attached hydrogens (tertiary/aromatic N) is 2. The molecule has 22 heavy (non-hydrogen) atoms. The number of aryl methyl sites for hydroxylation is 1. The molecule has 0 saturated heterocycles. The van der Waals surface area contributed by atoms with Crippen molar-refractivity contribution in [1.82, 2.24) is 15.2 Å². The number of hydrogen-bond donors (Lipinski definition) is 1. The van der Waals surface area contributed by atoms with E-state index < -0.39 is 0 Å². The summed E-state index contributed by atoms with van der Waals surface area (Å²) in [6.45, 7) is 2.00. The summed E-state index contributed by atoms with van der Waals surface area (Å²) in [7, 11) is 0. The Balaban J connectivity index is 2.01. The predicted octanol–water partition coefficient (Wildman–Crippen LogP) is 4.60. The van der Waals surface area contributed by atoms with Crippen LogP contribution in [0.2, 0.25) is 0 Å². The van der Waals surface area contributed by atoms with Crippen molar-refractivity contribution in [2.75, 3.05) is 0 Å². The topological polar surface area (TPSA) is 41.6 Å². The van der Waals surface area contributed by atoms with Crippen LogP contribution in [0, 0.1) is 6.92 Å². The number of H-pyrrole nitrogens is 1. The van der Waals surface area contributed by atoms with Gasteiger partial charge in [0.05, 0.1) is 11.4 Å². The zero-order chi connectivity index (χ0) is 14.9. The number of rotatable bonds is 2. The van der Waals surface area contributed by atoms with Crippen molar-refractivity contribution in [3.63, 3.8) is 0 Å². The molecule has 3 nitrogen and oxygen atoms in total. The second-order valence-electron chi connectivity index (χ2n) is 5.38. The number of pyridine rings is 1. The molecule has 2 heterocycles. The molecule has 4 aromatic rings. The van der Waals surface area contributed by atoms with Crippen LogP contribution in [0.3, 0.4) is 0 Å². The summed E-state index contributed by atoms with van der Waals surface area (Å²) >= 11 is 0. The first-order valence-corrected chi connectivity index (χ1v) is 7.29. The average molecular weight is 285 g/mol. The van der Waals surface area contributed by atoms with Crippen molar-refractivity contribution in [3.8, 4) is 22.6 Å². The first kappa shape index (κ1) is 12.8. The van der Waals surface area contributed by atoms with Gasteiger partial charge in [-0.2, -0.15) is 5.10 Å². The maximum Gasteiger partial charge on any atom is 0.111 e. The van der Waals surface area contributed by atoms with E-state index in [1.54, 1.807) is 0 Å². The Morgan fingerprint density at radius 1 is 0.818 bits per heavy atom. The molecule has 0 spiro atoms. The third-order valence-corrected chi connectivity index (χ3v) is 3.76. The molecule has 0 saturated carbocycles. The molecule has 2 aromatic heterocycles. The molecule has 0 amide bonds. The van der Waals surface area contributed by atoms with Crippen molar-refractivity contribution < 1.29 is 0 Å². The highest BCUT2D eigenvalue weighted by Gasteiger charge is 2.11. The van der Waals surface area contributed by atoms with Gasteiger partial charge in [-0.25, -0.2) is 4.98 Å². The monoisotopic (exact) mass is 285 g/mol. The van der Waals surface area contributed by atoms with E-state index in [4.69, 9.17) is 4.98 Å². The SMILES string of the molecule is Cc1cc(-c2nc(-c3ccccc3)cc3ccccc23)n[nH]1. The van der Waals surface area contributed by atoms with Crippen molar-refractivity contribution >= 4 is 10.8 Å². The molecule has 106 valence electrons. The summed E-state index contributed by atoms with van der Waals surface area (Å²) in [6.07, 6.45) is 0. The molecular weight excluding hydrogens is 270 g/mol. The fraction of sp³-hybridized carbons (Fsp3) is 0.0526. The quantitative estimate of drug-likeness (QED) is 0.584. The largest absolute Gasteiger partial charge is 0.282 e. The Labute approximate surface area is 128 Å². The molecule has 4 rings (SSSR count). The van der Waals surface area contributed by atoms with Crippen molar-refractivity contribution in [2.24, 2.45) is 0 Å². The molecule has 0 atom stereocenters. The highest BCUT2D eigenvalue weighted by Crippen LogP contribution is 2.30. The summed E-state index contributed by atoms with van der Waals surface area (Å²) in [5.74, 6) is 0. The number of aromatic amines is 1. The molecule has 0 radical (unpaired) electrons. The smallest absolute Gasteiger partial charge is 0.111 e. The highest BCUT2D eigenvalue weighted by atomic mass is 15.1. The van der Waals surface area contributed by atoms with E-state index in [1.165, 1.54) is 5.39 Å². The second-order valence-corrected chi connectivity index (χ2v) is 5.38. The maximum atomic E-state index is 4.87. The van der Waals surface area contributed by atoms with Gasteiger partial charge >= 0.3 is 0 Å². The van der Waals surface area contributed by atoms with E-state index in [1.807, 2.05) is 37.3 Å².